The predicted molar refractivity (Wildman–Crippen MR) is 72.2 cm³/mol. The summed E-state index contributed by atoms with van der Waals surface area (Å²) >= 11 is 0. The highest BCUT2D eigenvalue weighted by atomic mass is 16.5. The third kappa shape index (κ3) is 5.80. The molecule has 3 N–H and O–H groups in total. The van der Waals surface area contributed by atoms with Crippen molar-refractivity contribution in [2.24, 2.45) is 5.73 Å². The SMILES string of the molecule is CNC(CCOCCCc1ccccc1)C(N)=O. The summed E-state index contributed by atoms with van der Waals surface area (Å²) in [5, 5.41) is 2.86. The second-order valence-corrected chi connectivity index (χ2v) is 4.23. The van der Waals surface area contributed by atoms with Gasteiger partial charge in [0.2, 0.25) is 5.91 Å². The van der Waals surface area contributed by atoms with Crippen LogP contribution in [0.15, 0.2) is 30.3 Å². The van der Waals surface area contributed by atoms with Crippen LogP contribution in [0.1, 0.15) is 18.4 Å². The first kappa shape index (κ1) is 14.7. The first-order chi connectivity index (χ1) is 8.74. The molecular weight excluding hydrogens is 228 g/mol. The lowest BCUT2D eigenvalue weighted by Gasteiger charge is -2.12. The molecule has 0 saturated carbocycles. The van der Waals surface area contributed by atoms with Crippen molar-refractivity contribution >= 4 is 5.91 Å². The van der Waals surface area contributed by atoms with E-state index in [4.69, 9.17) is 10.5 Å². The molecule has 4 nitrogen and oxygen atoms in total. The van der Waals surface area contributed by atoms with E-state index in [1.807, 2.05) is 18.2 Å². The summed E-state index contributed by atoms with van der Waals surface area (Å²) in [6, 6.07) is 10.0. The number of aryl methyl sites for hydroxylation is 1. The second kappa shape index (κ2) is 8.66. The Morgan fingerprint density at radius 2 is 2.06 bits per heavy atom. The molecule has 1 unspecified atom stereocenters. The monoisotopic (exact) mass is 250 g/mol. The molecule has 0 aliphatic heterocycles. The van der Waals surface area contributed by atoms with Crippen LogP contribution in [0.3, 0.4) is 0 Å². The van der Waals surface area contributed by atoms with Crippen LogP contribution < -0.4 is 11.1 Å². The van der Waals surface area contributed by atoms with E-state index in [9.17, 15) is 4.79 Å². The molecule has 0 saturated heterocycles. The number of carbonyl (C=O) groups is 1. The zero-order chi connectivity index (χ0) is 13.2. The minimum absolute atomic E-state index is 0.292. The molecule has 1 amide bonds. The number of ether oxygens (including phenoxy) is 1. The molecule has 0 aliphatic carbocycles. The number of rotatable bonds is 9. The fourth-order valence-corrected chi connectivity index (χ4v) is 1.76. The Kier molecular flexibility index (Phi) is 7.06. The maximum Gasteiger partial charge on any atom is 0.234 e. The van der Waals surface area contributed by atoms with E-state index < -0.39 is 0 Å². The van der Waals surface area contributed by atoms with Gasteiger partial charge in [-0.3, -0.25) is 4.79 Å². The molecule has 0 fully saturated rings. The molecule has 0 aromatic heterocycles. The van der Waals surface area contributed by atoms with Crippen molar-refractivity contribution in [1.29, 1.82) is 0 Å². The van der Waals surface area contributed by atoms with E-state index in [0.29, 0.717) is 19.6 Å². The number of benzene rings is 1. The van der Waals surface area contributed by atoms with Crippen molar-refractivity contribution in [1.82, 2.24) is 5.32 Å². The molecule has 1 rings (SSSR count). The molecule has 0 spiro atoms. The summed E-state index contributed by atoms with van der Waals surface area (Å²) in [7, 11) is 1.73. The van der Waals surface area contributed by atoms with Gasteiger partial charge in [0.25, 0.3) is 0 Å². The van der Waals surface area contributed by atoms with Crippen molar-refractivity contribution in [2.45, 2.75) is 25.3 Å². The van der Waals surface area contributed by atoms with Gasteiger partial charge in [0, 0.05) is 13.2 Å². The number of likely N-dealkylation sites (N-methyl/N-ethyl adjacent to an activating group) is 1. The van der Waals surface area contributed by atoms with Crippen LogP contribution in [0.4, 0.5) is 0 Å². The number of carbonyl (C=O) groups excluding carboxylic acids is 1. The molecular formula is C14H22N2O2. The highest BCUT2D eigenvalue weighted by molar-refractivity contribution is 5.79. The van der Waals surface area contributed by atoms with Crippen molar-refractivity contribution in [3.8, 4) is 0 Å². The molecule has 100 valence electrons. The number of nitrogens with one attached hydrogen (secondary N) is 1. The van der Waals surface area contributed by atoms with Crippen molar-refractivity contribution in [2.75, 3.05) is 20.3 Å². The van der Waals surface area contributed by atoms with Gasteiger partial charge in [-0.25, -0.2) is 0 Å². The lowest BCUT2D eigenvalue weighted by Crippen LogP contribution is -2.39. The van der Waals surface area contributed by atoms with Crippen molar-refractivity contribution in [3.63, 3.8) is 0 Å². The van der Waals surface area contributed by atoms with E-state index in [2.05, 4.69) is 17.4 Å². The highest BCUT2D eigenvalue weighted by Gasteiger charge is 2.11. The van der Waals surface area contributed by atoms with Gasteiger partial charge < -0.3 is 15.8 Å². The van der Waals surface area contributed by atoms with Gasteiger partial charge in [-0.05, 0) is 31.9 Å². The van der Waals surface area contributed by atoms with Gasteiger partial charge >= 0.3 is 0 Å². The molecule has 1 aromatic rings. The maximum absolute atomic E-state index is 10.9. The van der Waals surface area contributed by atoms with Crippen LogP contribution in [0, 0.1) is 0 Å². The summed E-state index contributed by atoms with van der Waals surface area (Å²) in [4.78, 5) is 10.9. The smallest absolute Gasteiger partial charge is 0.234 e. The van der Waals surface area contributed by atoms with E-state index in [-0.39, 0.29) is 11.9 Å². The van der Waals surface area contributed by atoms with Crippen LogP contribution in [0.2, 0.25) is 0 Å². The Hall–Kier alpha value is -1.39. The van der Waals surface area contributed by atoms with Gasteiger partial charge in [-0.15, -0.1) is 0 Å². The fourth-order valence-electron chi connectivity index (χ4n) is 1.76. The number of hydrogen-bond acceptors (Lipinski definition) is 3. The summed E-state index contributed by atoms with van der Waals surface area (Å²) in [5.74, 6) is -0.328. The second-order valence-electron chi connectivity index (χ2n) is 4.23. The Morgan fingerprint density at radius 3 is 2.67 bits per heavy atom. The van der Waals surface area contributed by atoms with E-state index in [0.717, 1.165) is 12.8 Å². The van der Waals surface area contributed by atoms with Crippen molar-refractivity contribution in [3.05, 3.63) is 35.9 Å². The largest absolute Gasteiger partial charge is 0.381 e. The summed E-state index contributed by atoms with van der Waals surface area (Å²) in [6.45, 7) is 1.27. The zero-order valence-corrected chi connectivity index (χ0v) is 10.9. The standard InChI is InChI=1S/C14H22N2O2/c1-16-13(14(15)17)9-11-18-10-5-8-12-6-3-2-4-7-12/h2-4,6-7,13,16H,5,8-11H2,1H3,(H2,15,17). The van der Waals surface area contributed by atoms with Crippen LogP contribution in [-0.2, 0) is 16.0 Å². The predicted octanol–water partition coefficient (Wildman–Crippen LogP) is 1.10. The average molecular weight is 250 g/mol. The van der Waals surface area contributed by atoms with E-state index >= 15 is 0 Å². The highest BCUT2D eigenvalue weighted by Crippen LogP contribution is 2.02. The Bertz CT molecular complexity index is 341. The van der Waals surface area contributed by atoms with Gasteiger partial charge in [-0.1, -0.05) is 30.3 Å². The first-order valence-electron chi connectivity index (χ1n) is 6.32. The first-order valence-corrected chi connectivity index (χ1v) is 6.32. The van der Waals surface area contributed by atoms with E-state index in [1.165, 1.54) is 5.56 Å². The zero-order valence-electron chi connectivity index (χ0n) is 10.9. The number of amides is 1. The molecule has 1 aromatic carbocycles. The molecule has 0 aliphatic rings. The molecule has 18 heavy (non-hydrogen) atoms. The Balaban J connectivity index is 2.04. The lowest BCUT2D eigenvalue weighted by molar-refractivity contribution is -0.120. The third-order valence-electron chi connectivity index (χ3n) is 2.84. The number of hydrogen-bond donors (Lipinski definition) is 2. The van der Waals surface area contributed by atoms with Crippen LogP contribution in [0.25, 0.3) is 0 Å². The van der Waals surface area contributed by atoms with Crippen LogP contribution in [-0.4, -0.2) is 32.2 Å². The lowest BCUT2D eigenvalue weighted by atomic mass is 10.1. The van der Waals surface area contributed by atoms with Gasteiger partial charge in [-0.2, -0.15) is 0 Å². The third-order valence-corrected chi connectivity index (χ3v) is 2.84. The molecule has 0 heterocycles. The Morgan fingerprint density at radius 1 is 1.33 bits per heavy atom. The summed E-state index contributed by atoms with van der Waals surface area (Å²) < 4.78 is 5.49. The van der Waals surface area contributed by atoms with Gasteiger partial charge in [0.05, 0.1) is 6.04 Å². The molecule has 1 atom stereocenters. The van der Waals surface area contributed by atoms with E-state index in [1.54, 1.807) is 7.05 Å². The quantitative estimate of drug-likeness (QED) is 0.645. The molecule has 0 radical (unpaired) electrons. The Labute approximate surface area is 109 Å². The normalized spacial score (nSPS) is 12.3. The van der Waals surface area contributed by atoms with Crippen LogP contribution in [0.5, 0.6) is 0 Å². The maximum atomic E-state index is 10.9. The van der Waals surface area contributed by atoms with Crippen LogP contribution >= 0.6 is 0 Å². The summed E-state index contributed by atoms with van der Waals surface area (Å²) in [6.07, 6.45) is 2.63. The number of primary amides is 1. The fraction of sp³-hybridized carbons (Fsp3) is 0.500. The average Bonchev–Trinajstić information content (AvgIpc) is 2.38. The summed E-state index contributed by atoms with van der Waals surface area (Å²) in [5.41, 5.74) is 6.53. The van der Waals surface area contributed by atoms with Gasteiger partial charge in [0.1, 0.15) is 0 Å². The van der Waals surface area contributed by atoms with Crippen molar-refractivity contribution < 1.29 is 9.53 Å². The number of nitrogens with two attached hydrogens (primary N) is 1. The van der Waals surface area contributed by atoms with Gasteiger partial charge in [0.15, 0.2) is 0 Å². The topological polar surface area (TPSA) is 64.3 Å². The molecule has 4 heteroatoms. The molecule has 0 bridgehead atoms. The minimum Gasteiger partial charge on any atom is -0.381 e. The minimum atomic E-state index is -0.328.